The quantitative estimate of drug-likeness (QED) is 0.758. The molecule has 0 aromatic heterocycles. The first-order chi connectivity index (χ1) is 6.83. The van der Waals surface area contributed by atoms with Gasteiger partial charge in [0.2, 0.25) is 5.91 Å². The molecule has 0 aliphatic heterocycles. The molecule has 0 aliphatic rings. The lowest BCUT2D eigenvalue weighted by atomic mass is 10.2. The van der Waals surface area contributed by atoms with Gasteiger partial charge in [0.1, 0.15) is 0 Å². The molecule has 1 rings (SSSR count). The maximum absolute atomic E-state index is 11.2. The zero-order valence-electron chi connectivity index (χ0n) is 8.49. The van der Waals surface area contributed by atoms with E-state index in [4.69, 9.17) is 0 Å². The number of hydrogen-bond acceptors (Lipinski definition) is 1. The minimum atomic E-state index is 0.0238. The van der Waals surface area contributed by atoms with Crippen LogP contribution in [0.3, 0.4) is 0 Å². The Balaban J connectivity index is 2.24. The van der Waals surface area contributed by atoms with E-state index < -0.39 is 0 Å². The van der Waals surface area contributed by atoms with Crippen LogP contribution in [0.2, 0.25) is 0 Å². The van der Waals surface area contributed by atoms with Gasteiger partial charge in [-0.2, -0.15) is 0 Å². The predicted molar refractivity (Wildman–Crippen MR) is 57.5 cm³/mol. The summed E-state index contributed by atoms with van der Waals surface area (Å²) in [6.45, 7) is 2.67. The summed E-state index contributed by atoms with van der Waals surface area (Å²) in [6.07, 6.45) is 3.56. The first-order valence-corrected chi connectivity index (χ1v) is 4.98. The topological polar surface area (TPSA) is 29.1 Å². The van der Waals surface area contributed by atoms with Crippen molar-refractivity contribution in [3.05, 3.63) is 42.3 Å². The van der Waals surface area contributed by atoms with E-state index in [1.165, 1.54) is 0 Å². The van der Waals surface area contributed by atoms with E-state index >= 15 is 0 Å². The number of amides is 1. The predicted octanol–water partition coefficient (Wildman–Crippen LogP) is 2.31. The molecule has 1 aromatic carbocycles. The van der Waals surface area contributed by atoms with Crippen molar-refractivity contribution < 1.29 is 4.79 Å². The second kappa shape index (κ2) is 6.19. The van der Waals surface area contributed by atoms with Crippen molar-refractivity contribution >= 4 is 5.91 Å². The Kier molecular flexibility index (Phi) is 4.76. The summed E-state index contributed by atoms with van der Waals surface area (Å²) in [5.41, 5.74) is 1.13. The maximum Gasteiger partial charge on any atom is 0.224 e. The maximum atomic E-state index is 11.2. The van der Waals surface area contributed by atoms with E-state index in [1.807, 2.05) is 30.3 Å². The smallest absolute Gasteiger partial charge is 0.224 e. The van der Waals surface area contributed by atoms with Crippen LogP contribution in [0, 0.1) is 6.42 Å². The van der Waals surface area contributed by atoms with Gasteiger partial charge in [-0.05, 0) is 12.0 Å². The Bertz CT molecular complexity index is 269. The zero-order valence-corrected chi connectivity index (χ0v) is 8.49. The first kappa shape index (κ1) is 10.8. The molecule has 1 N–H and O–H groups in total. The molecule has 2 heteroatoms. The van der Waals surface area contributed by atoms with Crippen LogP contribution in [0.4, 0.5) is 0 Å². The van der Waals surface area contributed by atoms with Gasteiger partial charge in [0.05, 0.1) is 0 Å². The fraction of sp³-hybridized carbons (Fsp3) is 0.333. The third-order valence-electron chi connectivity index (χ3n) is 1.93. The van der Waals surface area contributed by atoms with Gasteiger partial charge < -0.3 is 5.32 Å². The molecule has 75 valence electrons. The lowest BCUT2D eigenvalue weighted by molar-refractivity contribution is -0.118. The van der Waals surface area contributed by atoms with Crippen LogP contribution >= 0.6 is 0 Å². The van der Waals surface area contributed by atoms with E-state index in [9.17, 15) is 4.79 Å². The van der Waals surface area contributed by atoms with Gasteiger partial charge in [0.25, 0.3) is 0 Å². The van der Waals surface area contributed by atoms with Crippen molar-refractivity contribution in [1.29, 1.82) is 0 Å². The molecular formula is C12H16NO. The minimum absolute atomic E-state index is 0.0238. The lowest BCUT2D eigenvalue weighted by Crippen LogP contribution is -2.22. The van der Waals surface area contributed by atoms with Crippen LogP contribution < -0.4 is 5.32 Å². The third kappa shape index (κ3) is 4.08. The van der Waals surface area contributed by atoms with Gasteiger partial charge in [0, 0.05) is 13.0 Å². The summed E-state index contributed by atoms with van der Waals surface area (Å²) in [7, 11) is 0. The van der Waals surface area contributed by atoms with Gasteiger partial charge >= 0.3 is 0 Å². The molecule has 0 aliphatic carbocycles. The van der Waals surface area contributed by atoms with Crippen molar-refractivity contribution in [2.75, 3.05) is 0 Å². The van der Waals surface area contributed by atoms with E-state index in [0.29, 0.717) is 6.54 Å². The fourth-order valence-corrected chi connectivity index (χ4v) is 1.13. The normalized spacial score (nSPS) is 9.79. The third-order valence-corrected chi connectivity index (χ3v) is 1.93. The van der Waals surface area contributed by atoms with Gasteiger partial charge in [-0.1, -0.05) is 43.7 Å². The van der Waals surface area contributed by atoms with Crippen LogP contribution in [0.15, 0.2) is 30.3 Å². The molecule has 2 nitrogen and oxygen atoms in total. The summed E-state index contributed by atoms with van der Waals surface area (Å²) in [6, 6.07) is 9.91. The highest BCUT2D eigenvalue weighted by molar-refractivity contribution is 5.84. The molecule has 0 unspecified atom stereocenters. The molecule has 0 saturated carbocycles. The molecule has 0 fully saturated rings. The summed E-state index contributed by atoms with van der Waals surface area (Å²) < 4.78 is 0. The Morgan fingerprint density at radius 1 is 1.36 bits per heavy atom. The Morgan fingerprint density at radius 2 is 2.07 bits per heavy atom. The molecule has 14 heavy (non-hydrogen) atoms. The molecule has 0 bridgehead atoms. The molecule has 1 radical (unpaired) electrons. The fourth-order valence-electron chi connectivity index (χ4n) is 1.13. The van der Waals surface area contributed by atoms with E-state index in [0.717, 1.165) is 18.4 Å². The monoisotopic (exact) mass is 190 g/mol. The van der Waals surface area contributed by atoms with E-state index in [2.05, 4.69) is 12.2 Å². The van der Waals surface area contributed by atoms with Crippen LogP contribution in [-0.2, 0) is 11.3 Å². The minimum Gasteiger partial charge on any atom is -0.352 e. The highest BCUT2D eigenvalue weighted by Crippen LogP contribution is 1.98. The summed E-state index contributed by atoms with van der Waals surface area (Å²) >= 11 is 0. The molecule has 1 amide bonds. The molecule has 0 spiro atoms. The van der Waals surface area contributed by atoms with Crippen molar-refractivity contribution in [3.8, 4) is 0 Å². The van der Waals surface area contributed by atoms with E-state index in [1.54, 1.807) is 6.42 Å². The number of unbranched alkanes of at least 4 members (excludes halogenated alkanes) is 1. The number of rotatable bonds is 5. The Labute approximate surface area is 85.3 Å². The average molecular weight is 190 g/mol. The summed E-state index contributed by atoms with van der Waals surface area (Å²) in [5, 5.41) is 2.84. The molecule has 0 atom stereocenters. The van der Waals surface area contributed by atoms with Crippen molar-refractivity contribution in [1.82, 2.24) is 5.32 Å². The SMILES string of the molecule is CCC[CH]C(=O)NCc1ccccc1. The lowest BCUT2D eigenvalue weighted by Gasteiger charge is -2.03. The van der Waals surface area contributed by atoms with Crippen LogP contribution in [-0.4, -0.2) is 5.91 Å². The summed E-state index contributed by atoms with van der Waals surface area (Å²) in [5.74, 6) is 0.0238. The van der Waals surface area contributed by atoms with Crippen LogP contribution in [0.25, 0.3) is 0 Å². The van der Waals surface area contributed by atoms with Crippen molar-refractivity contribution in [2.45, 2.75) is 26.3 Å². The van der Waals surface area contributed by atoms with Gasteiger partial charge in [-0.25, -0.2) is 0 Å². The van der Waals surface area contributed by atoms with Crippen LogP contribution in [0.5, 0.6) is 0 Å². The zero-order chi connectivity index (χ0) is 10.2. The molecular weight excluding hydrogens is 174 g/mol. The largest absolute Gasteiger partial charge is 0.352 e. The first-order valence-electron chi connectivity index (χ1n) is 4.98. The van der Waals surface area contributed by atoms with Crippen molar-refractivity contribution in [3.63, 3.8) is 0 Å². The van der Waals surface area contributed by atoms with Gasteiger partial charge in [-0.15, -0.1) is 0 Å². The average Bonchev–Trinajstić information content (AvgIpc) is 2.25. The Hall–Kier alpha value is -1.31. The van der Waals surface area contributed by atoms with Gasteiger partial charge in [0.15, 0.2) is 0 Å². The highest BCUT2D eigenvalue weighted by atomic mass is 16.1. The Morgan fingerprint density at radius 3 is 2.71 bits per heavy atom. The highest BCUT2D eigenvalue weighted by Gasteiger charge is 1.99. The standard InChI is InChI=1S/C12H16NO/c1-2-3-9-12(14)13-10-11-7-5-4-6-8-11/h4-9H,2-3,10H2,1H3,(H,13,14). The number of hydrogen-bond donors (Lipinski definition) is 1. The van der Waals surface area contributed by atoms with E-state index in [-0.39, 0.29) is 5.91 Å². The summed E-state index contributed by atoms with van der Waals surface area (Å²) in [4.78, 5) is 11.2. The molecule has 0 heterocycles. The second-order valence-electron chi connectivity index (χ2n) is 3.20. The van der Waals surface area contributed by atoms with Gasteiger partial charge in [-0.3, -0.25) is 4.79 Å². The second-order valence-corrected chi connectivity index (χ2v) is 3.20. The molecule has 1 aromatic rings. The van der Waals surface area contributed by atoms with Crippen molar-refractivity contribution in [2.24, 2.45) is 0 Å². The number of benzene rings is 1. The number of nitrogens with one attached hydrogen (secondary N) is 1. The number of carbonyl (C=O) groups excluding carboxylic acids is 1. The van der Waals surface area contributed by atoms with Crippen LogP contribution in [0.1, 0.15) is 25.3 Å². The molecule has 0 saturated heterocycles. The number of carbonyl (C=O) groups is 1.